The Morgan fingerprint density at radius 2 is 1.79 bits per heavy atom. The van der Waals surface area contributed by atoms with E-state index < -0.39 is 7.60 Å². The Labute approximate surface area is 86.3 Å². The maximum Gasteiger partial charge on any atom is 0.364 e. The molecule has 82 valence electrons. The van der Waals surface area contributed by atoms with E-state index in [1.807, 2.05) is 13.0 Å². The molecule has 0 fully saturated rings. The zero-order valence-electron chi connectivity index (χ0n) is 9.37. The van der Waals surface area contributed by atoms with E-state index >= 15 is 0 Å². The zero-order chi connectivity index (χ0) is 11.0. The first-order valence-electron chi connectivity index (χ1n) is 4.92. The minimum atomic E-state index is -3.07. The predicted octanol–water partition coefficient (Wildman–Crippen LogP) is 3.72. The van der Waals surface area contributed by atoms with Crippen molar-refractivity contribution >= 4 is 7.60 Å². The molecule has 0 heterocycles. The third-order valence-electron chi connectivity index (χ3n) is 1.52. The van der Waals surface area contributed by atoms with Gasteiger partial charge < -0.3 is 9.05 Å². The van der Waals surface area contributed by atoms with E-state index in [1.165, 1.54) is 0 Å². The van der Waals surface area contributed by atoms with Crippen LogP contribution >= 0.6 is 7.60 Å². The van der Waals surface area contributed by atoms with Gasteiger partial charge in [0.1, 0.15) is 0 Å². The van der Waals surface area contributed by atoms with Crippen LogP contribution in [0.3, 0.4) is 0 Å². The lowest BCUT2D eigenvalue weighted by Crippen LogP contribution is -1.96. The quantitative estimate of drug-likeness (QED) is 0.503. The van der Waals surface area contributed by atoms with Crippen molar-refractivity contribution in [1.82, 2.24) is 0 Å². The van der Waals surface area contributed by atoms with Gasteiger partial charge in [0.25, 0.3) is 0 Å². The summed E-state index contributed by atoms with van der Waals surface area (Å²) >= 11 is 0. The SMILES string of the molecule is CCC=C=C(C)P(=O)(OCC)OCC. The molecule has 0 aliphatic carbocycles. The molecule has 0 bridgehead atoms. The topological polar surface area (TPSA) is 35.5 Å². The summed E-state index contributed by atoms with van der Waals surface area (Å²) in [5, 5.41) is 0.544. The predicted molar refractivity (Wildman–Crippen MR) is 58.4 cm³/mol. The van der Waals surface area contributed by atoms with Crippen LogP contribution in [0.2, 0.25) is 0 Å². The number of allylic oxidation sites excluding steroid dienone is 1. The van der Waals surface area contributed by atoms with Crippen molar-refractivity contribution in [2.24, 2.45) is 0 Å². The number of rotatable bonds is 6. The molecule has 0 aliphatic rings. The number of hydrogen-bond acceptors (Lipinski definition) is 3. The van der Waals surface area contributed by atoms with Crippen LogP contribution in [0.4, 0.5) is 0 Å². The minimum absolute atomic E-state index is 0.377. The molecule has 4 heteroatoms. The van der Waals surface area contributed by atoms with E-state index in [2.05, 4.69) is 5.73 Å². The van der Waals surface area contributed by atoms with Gasteiger partial charge in [0.05, 0.1) is 18.5 Å². The molecule has 0 atom stereocenters. The van der Waals surface area contributed by atoms with Gasteiger partial charge >= 0.3 is 7.60 Å². The highest BCUT2D eigenvalue weighted by molar-refractivity contribution is 7.58. The molecule has 14 heavy (non-hydrogen) atoms. The molecule has 0 radical (unpaired) electrons. The first-order chi connectivity index (χ1) is 6.60. The smallest absolute Gasteiger partial charge is 0.305 e. The molecule has 0 aromatic rings. The monoisotopic (exact) mass is 218 g/mol. The lowest BCUT2D eigenvalue weighted by molar-refractivity contribution is 0.226. The maximum atomic E-state index is 12.1. The average Bonchev–Trinajstić information content (AvgIpc) is 2.15. The summed E-state index contributed by atoms with van der Waals surface area (Å²) in [5.74, 6) is 0. The molecule has 0 amide bonds. The summed E-state index contributed by atoms with van der Waals surface area (Å²) in [6.45, 7) is 8.06. The summed E-state index contributed by atoms with van der Waals surface area (Å²) in [6.07, 6.45) is 2.68. The van der Waals surface area contributed by atoms with Crippen LogP contribution in [-0.4, -0.2) is 13.2 Å². The molecule has 0 aromatic heterocycles. The van der Waals surface area contributed by atoms with Crippen molar-refractivity contribution < 1.29 is 13.6 Å². The molecule has 0 unspecified atom stereocenters. The van der Waals surface area contributed by atoms with Crippen LogP contribution in [0.15, 0.2) is 17.1 Å². The van der Waals surface area contributed by atoms with Crippen molar-refractivity contribution in [1.29, 1.82) is 0 Å². The van der Waals surface area contributed by atoms with Crippen LogP contribution < -0.4 is 0 Å². The summed E-state index contributed by atoms with van der Waals surface area (Å²) in [4.78, 5) is 0. The first-order valence-corrected chi connectivity index (χ1v) is 6.46. The lowest BCUT2D eigenvalue weighted by atomic mass is 10.4. The van der Waals surface area contributed by atoms with Gasteiger partial charge in [-0.15, -0.1) is 5.73 Å². The van der Waals surface area contributed by atoms with Gasteiger partial charge in [0.2, 0.25) is 0 Å². The highest BCUT2D eigenvalue weighted by Gasteiger charge is 2.25. The van der Waals surface area contributed by atoms with Gasteiger partial charge in [-0.1, -0.05) is 6.92 Å². The van der Waals surface area contributed by atoms with Gasteiger partial charge in [0, 0.05) is 0 Å². The van der Waals surface area contributed by atoms with Crippen LogP contribution in [0.5, 0.6) is 0 Å². The van der Waals surface area contributed by atoms with Crippen LogP contribution in [0.1, 0.15) is 34.1 Å². The van der Waals surface area contributed by atoms with Gasteiger partial charge in [-0.2, -0.15) is 0 Å². The van der Waals surface area contributed by atoms with E-state index in [-0.39, 0.29) is 0 Å². The van der Waals surface area contributed by atoms with Crippen molar-refractivity contribution in [3.8, 4) is 0 Å². The zero-order valence-corrected chi connectivity index (χ0v) is 10.3. The highest BCUT2D eigenvalue weighted by Crippen LogP contribution is 2.55. The van der Waals surface area contributed by atoms with Gasteiger partial charge in [-0.3, -0.25) is 4.57 Å². The van der Waals surface area contributed by atoms with E-state index in [0.29, 0.717) is 18.5 Å². The molecule has 0 saturated carbocycles. The summed E-state index contributed by atoms with van der Waals surface area (Å²) in [6, 6.07) is 0. The molecular formula is C10H19O3P. The Kier molecular flexibility index (Phi) is 6.86. The fourth-order valence-electron chi connectivity index (χ4n) is 0.900. The fourth-order valence-corrected chi connectivity index (χ4v) is 2.29. The summed E-state index contributed by atoms with van der Waals surface area (Å²) in [7, 11) is -3.07. The van der Waals surface area contributed by atoms with Crippen LogP contribution in [-0.2, 0) is 13.6 Å². The Hall–Kier alpha value is -0.330. The van der Waals surface area contributed by atoms with Crippen molar-refractivity contribution in [2.45, 2.75) is 34.1 Å². The number of hydrogen-bond donors (Lipinski definition) is 0. The van der Waals surface area contributed by atoms with Gasteiger partial charge in [0.15, 0.2) is 0 Å². The molecule has 0 aromatic carbocycles. The Balaban J connectivity index is 4.81. The average molecular weight is 218 g/mol. The third kappa shape index (κ3) is 4.26. The van der Waals surface area contributed by atoms with E-state index in [0.717, 1.165) is 6.42 Å². The Bertz CT molecular complexity index is 255. The molecule has 0 aliphatic heterocycles. The van der Waals surface area contributed by atoms with Crippen molar-refractivity contribution in [3.05, 3.63) is 17.1 Å². The normalized spacial score (nSPS) is 10.9. The molecule has 0 spiro atoms. The second kappa shape index (κ2) is 7.03. The van der Waals surface area contributed by atoms with Crippen LogP contribution in [0, 0.1) is 0 Å². The van der Waals surface area contributed by atoms with Crippen molar-refractivity contribution in [3.63, 3.8) is 0 Å². The largest absolute Gasteiger partial charge is 0.364 e. The van der Waals surface area contributed by atoms with E-state index in [1.54, 1.807) is 20.8 Å². The van der Waals surface area contributed by atoms with E-state index in [9.17, 15) is 4.57 Å². The first kappa shape index (κ1) is 13.7. The van der Waals surface area contributed by atoms with Crippen LogP contribution in [0.25, 0.3) is 0 Å². The molecule has 0 rings (SSSR count). The van der Waals surface area contributed by atoms with Crippen molar-refractivity contribution in [2.75, 3.05) is 13.2 Å². The molecule has 3 nitrogen and oxygen atoms in total. The molecule has 0 saturated heterocycles. The fraction of sp³-hybridized carbons (Fsp3) is 0.700. The second-order valence-electron chi connectivity index (χ2n) is 2.68. The highest BCUT2D eigenvalue weighted by atomic mass is 31.2. The van der Waals surface area contributed by atoms with E-state index in [4.69, 9.17) is 9.05 Å². The summed E-state index contributed by atoms with van der Waals surface area (Å²) < 4.78 is 22.3. The Morgan fingerprint density at radius 3 is 2.14 bits per heavy atom. The molecular weight excluding hydrogens is 199 g/mol. The van der Waals surface area contributed by atoms with Gasteiger partial charge in [-0.05, 0) is 33.3 Å². The third-order valence-corrected chi connectivity index (χ3v) is 3.67. The lowest BCUT2D eigenvalue weighted by Gasteiger charge is -2.15. The Morgan fingerprint density at radius 1 is 1.29 bits per heavy atom. The minimum Gasteiger partial charge on any atom is -0.305 e. The van der Waals surface area contributed by atoms with Gasteiger partial charge in [-0.25, -0.2) is 0 Å². The standard InChI is InChI=1S/C10H19O3P/c1-5-8-9-10(4)14(11,12-6-2)13-7-3/h8H,5-7H2,1-4H3. The molecule has 0 N–H and O–H groups in total. The maximum absolute atomic E-state index is 12.1. The summed E-state index contributed by atoms with van der Waals surface area (Å²) in [5.41, 5.74) is 2.92. The second-order valence-corrected chi connectivity index (χ2v) is 4.86.